The van der Waals surface area contributed by atoms with Crippen molar-refractivity contribution in [2.75, 3.05) is 37.8 Å². The summed E-state index contributed by atoms with van der Waals surface area (Å²) < 4.78 is 10.7. The van der Waals surface area contributed by atoms with Gasteiger partial charge in [-0.15, -0.1) is 0 Å². The van der Waals surface area contributed by atoms with E-state index in [0.29, 0.717) is 6.10 Å². The topological polar surface area (TPSA) is 47.5 Å². The Kier molecular flexibility index (Phi) is 12.1. The van der Waals surface area contributed by atoms with E-state index in [1.807, 2.05) is 76.5 Å². The van der Waals surface area contributed by atoms with Gasteiger partial charge < -0.3 is 14.4 Å². The lowest BCUT2D eigenvalue weighted by molar-refractivity contribution is 0.0809. The van der Waals surface area contributed by atoms with Gasteiger partial charge in [-0.2, -0.15) is 0 Å². The van der Waals surface area contributed by atoms with Crippen molar-refractivity contribution in [1.82, 2.24) is 9.97 Å². The molecule has 0 amide bonds. The van der Waals surface area contributed by atoms with E-state index in [9.17, 15) is 0 Å². The van der Waals surface area contributed by atoms with Crippen LogP contribution in [-0.2, 0) is 15.9 Å². The Balaban J connectivity index is 0.000000238. The van der Waals surface area contributed by atoms with E-state index < -0.39 is 0 Å². The molecule has 1 aliphatic rings. The Morgan fingerprint density at radius 3 is 2.19 bits per heavy atom. The summed E-state index contributed by atoms with van der Waals surface area (Å²) in [6, 6.07) is 11.9. The highest BCUT2D eigenvalue weighted by Gasteiger charge is 2.10. The second-order valence-electron chi connectivity index (χ2n) is 5.78. The van der Waals surface area contributed by atoms with Crippen LogP contribution in [0.25, 0.3) is 0 Å². The molecular formula is C21H33N3O2. The fourth-order valence-electron chi connectivity index (χ4n) is 2.28. The van der Waals surface area contributed by atoms with Gasteiger partial charge in [-0.1, -0.05) is 26.0 Å². The molecule has 3 rings (SSSR count). The monoisotopic (exact) mass is 359 g/mol. The number of rotatable bonds is 5. The van der Waals surface area contributed by atoms with E-state index in [4.69, 9.17) is 9.47 Å². The number of nitrogens with zero attached hydrogens (tertiary/aromatic N) is 3. The van der Waals surface area contributed by atoms with Crippen LogP contribution in [0.3, 0.4) is 0 Å². The van der Waals surface area contributed by atoms with Crippen LogP contribution in [0, 0.1) is 0 Å². The number of anilines is 1. The van der Waals surface area contributed by atoms with Crippen molar-refractivity contribution in [3.63, 3.8) is 0 Å². The Morgan fingerprint density at radius 1 is 1.00 bits per heavy atom. The maximum absolute atomic E-state index is 5.41. The average Bonchev–Trinajstić information content (AvgIpc) is 2.72. The first kappa shape index (κ1) is 22.1. The number of morpholine rings is 1. The quantitative estimate of drug-likeness (QED) is 0.808. The summed E-state index contributed by atoms with van der Waals surface area (Å²) in [6.07, 6.45) is 4.85. The lowest BCUT2D eigenvalue weighted by Gasteiger charge is -2.27. The lowest BCUT2D eigenvalue weighted by Crippen LogP contribution is -2.36. The summed E-state index contributed by atoms with van der Waals surface area (Å²) in [7, 11) is 0. The van der Waals surface area contributed by atoms with Crippen molar-refractivity contribution in [2.45, 2.75) is 40.2 Å². The summed E-state index contributed by atoms with van der Waals surface area (Å²) >= 11 is 0. The molecule has 0 bridgehead atoms. The molecule has 0 N–H and O–H groups in total. The molecule has 144 valence electrons. The number of hydrogen-bond acceptors (Lipinski definition) is 5. The molecule has 0 saturated carbocycles. The van der Waals surface area contributed by atoms with Crippen LogP contribution in [0.1, 0.15) is 33.4 Å². The van der Waals surface area contributed by atoms with E-state index in [1.165, 1.54) is 0 Å². The number of hydrogen-bond donors (Lipinski definition) is 0. The van der Waals surface area contributed by atoms with E-state index in [1.54, 1.807) is 0 Å². The minimum atomic E-state index is 0.314. The molecular weight excluding hydrogens is 326 g/mol. The molecule has 0 spiro atoms. The van der Waals surface area contributed by atoms with Crippen LogP contribution < -0.4 is 4.90 Å². The summed E-state index contributed by atoms with van der Waals surface area (Å²) in [4.78, 5) is 10.7. The zero-order valence-corrected chi connectivity index (χ0v) is 16.6. The first-order valence-electron chi connectivity index (χ1n) is 9.51. The Hall–Kier alpha value is -1.98. The van der Waals surface area contributed by atoms with Gasteiger partial charge in [0.25, 0.3) is 0 Å². The third-order valence-electron chi connectivity index (χ3n) is 3.52. The fraction of sp³-hybridized carbons (Fsp3) is 0.524. The maximum Gasteiger partial charge on any atom is 0.128 e. The Labute approximate surface area is 158 Å². The summed E-state index contributed by atoms with van der Waals surface area (Å²) in [6.45, 7) is 12.4. The van der Waals surface area contributed by atoms with Gasteiger partial charge in [-0.3, -0.25) is 4.98 Å². The molecule has 0 atom stereocenters. The third kappa shape index (κ3) is 9.49. The van der Waals surface area contributed by atoms with Gasteiger partial charge in [-0.25, -0.2) is 4.98 Å². The van der Waals surface area contributed by atoms with Gasteiger partial charge in [0.2, 0.25) is 0 Å². The van der Waals surface area contributed by atoms with Crippen LogP contribution in [-0.4, -0.2) is 49.0 Å². The van der Waals surface area contributed by atoms with Crippen molar-refractivity contribution < 1.29 is 9.47 Å². The molecule has 2 aromatic rings. The van der Waals surface area contributed by atoms with E-state index in [-0.39, 0.29) is 0 Å². The second kappa shape index (κ2) is 14.2. The minimum absolute atomic E-state index is 0.314. The zero-order chi connectivity index (χ0) is 19.0. The molecule has 2 aromatic heterocycles. The van der Waals surface area contributed by atoms with Crippen LogP contribution in [0.15, 0.2) is 48.8 Å². The zero-order valence-electron chi connectivity index (χ0n) is 16.6. The third-order valence-corrected chi connectivity index (χ3v) is 3.52. The first-order valence-corrected chi connectivity index (χ1v) is 9.51. The van der Waals surface area contributed by atoms with Crippen molar-refractivity contribution >= 4 is 5.82 Å². The number of aromatic nitrogens is 2. The Bertz CT molecular complexity index is 544. The molecule has 1 aliphatic heterocycles. The van der Waals surface area contributed by atoms with Crippen LogP contribution in [0.4, 0.5) is 5.82 Å². The van der Waals surface area contributed by atoms with Crippen LogP contribution >= 0.6 is 0 Å². The van der Waals surface area contributed by atoms with Gasteiger partial charge in [0.1, 0.15) is 5.82 Å². The van der Waals surface area contributed by atoms with Gasteiger partial charge in [-0.05, 0) is 38.1 Å². The SMILES string of the molecule is CC.CC(C)OCCc1ccccn1.c1ccc(N2CCOCC2)nc1. The molecule has 0 aliphatic carbocycles. The maximum atomic E-state index is 5.41. The highest BCUT2D eigenvalue weighted by Crippen LogP contribution is 2.10. The smallest absolute Gasteiger partial charge is 0.128 e. The number of ether oxygens (including phenoxy) is 2. The normalized spacial score (nSPS) is 13.3. The lowest BCUT2D eigenvalue weighted by atomic mass is 10.3. The molecule has 3 heterocycles. The standard InChI is InChI=1S/C10H15NO.C9H12N2O.C2H6/c1-9(2)12-8-6-10-5-3-4-7-11-10;1-2-4-10-9(3-1)11-5-7-12-8-6-11;1-2/h3-5,7,9H,6,8H2,1-2H3;1-4H,5-8H2;1-2H3. The molecule has 0 radical (unpaired) electrons. The first-order chi connectivity index (χ1) is 12.8. The van der Waals surface area contributed by atoms with Crippen LogP contribution in [0.2, 0.25) is 0 Å². The van der Waals surface area contributed by atoms with Crippen molar-refractivity contribution in [3.8, 4) is 0 Å². The number of pyridine rings is 2. The van der Waals surface area contributed by atoms with Crippen molar-refractivity contribution in [1.29, 1.82) is 0 Å². The predicted octanol–water partition coefficient (Wildman–Crippen LogP) is 3.99. The summed E-state index contributed by atoms with van der Waals surface area (Å²) in [5, 5.41) is 0. The molecule has 5 heteroatoms. The van der Waals surface area contributed by atoms with E-state index >= 15 is 0 Å². The van der Waals surface area contributed by atoms with Crippen molar-refractivity contribution in [3.05, 3.63) is 54.5 Å². The van der Waals surface area contributed by atoms with Crippen LogP contribution in [0.5, 0.6) is 0 Å². The molecule has 0 aromatic carbocycles. The molecule has 0 unspecified atom stereocenters. The van der Waals surface area contributed by atoms with E-state index in [0.717, 1.165) is 50.8 Å². The molecule has 1 fully saturated rings. The molecule has 1 saturated heterocycles. The summed E-state index contributed by atoms with van der Waals surface area (Å²) in [5.74, 6) is 1.06. The van der Waals surface area contributed by atoms with Crippen molar-refractivity contribution in [2.24, 2.45) is 0 Å². The Morgan fingerprint density at radius 2 is 1.65 bits per heavy atom. The van der Waals surface area contributed by atoms with Gasteiger partial charge >= 0.3 is 0 Å². The molecule has 26 heavy (non-hydrogen) atoms. The highest BCUT2D eigenvalue weighted by molar-refractivity contribution is 5.37. The largest absolute Gasteiger partial charge is 0.378 e. The predicted molar refractivity (Wildman–Crippen MR) is 108 cm³/mol. The van der Waals surface area contributed by atoms with E-state index in [2.05, 4.69) is 14.9 Å². The summed E-state index contributed by atoms with van der Waals surface area (Å²) in [5.41, 5.74) is 1.10. The highest BCUT2D eigenvalue weighted by atomic mass is 16.5. The van der Waals surface area contributed by atoms with Gasteiger partial charge in [0.15, 0.2) is 0 Å². The fourth-order valence-corrected chi connectivity index (χ4v) is 2.28. The second-order valence-corrected chi connectivity index (χ2v) is 5.78. The minimum Gasteiger partial charge on any atom is -0.378 e. The average molecular weight is 360 g/mol. The van der Waals surface area contributed by atoms with Gasteiger partial charge in [0, 0.05) is 37.6 Å². The van der Waals surface area contributed by atoms with Gasteiger partial charge in [0.05, 0.1) is 25.9 Å². The molecule has 5 nitrogen and oxygen atoms in total.